The molecule has 0 radical (unpaired) electrons. The Labute approximate surface area is 212 Å². The minimum absolute atomic E-state index is 0.220. The van der Waals surface area contributed by atoms with Crippen molar-refractivity contribution in [1.82, 2.24) is 10.3 Å². The second-order valence-electron chi connectivity index (χ2n) is 9.30. The van der Waals surface area contributed by atoms with Crippen LogP contribution in [0, 0.1) is 12.4 Å². The summed E-state index contributed by atoms with van der Waals surface area (Å²) < 4.78 is 14.1. The number of hydrogen-bond acceptors (Lipinski definition) is 6. The number of hydrogen-bond donors (Lipinski definition) is 2. The maximum Gasteiger partial charge on any atom is 0.321 e. The highest BCUT2D eigenvalue weighted by Crippen LogP contribution is 2.41. The van der Waals surface area contributed by atoms with Crippen LogP contribution < -0.4 is 20.4 Å². The molecule has 0 aliphatic carbocycles. The molecule has 1 fully saturated rings. The number of benzene rings is 2. The van der Waals surface area contributed by atoms with E-state index in [9.17, 15) is 14.0 Å². The van der Waals surface area contributed by atoms with Gasteiger partial charge in [0.25, 0.3) is 12.5 Å². The van der Waals surface area contributed by atoms with Gasteiger partial charge in [-0.3, -0.25) is 9.59 Å². The third-order valence-electron chi connectivity index (χ3n) is 6.64. The van der Waals surface area contributed by atoms with Gasteiger partial charge >= 0.3 is 5.54 Å². The number of anilines is 3. The summed E-state index contributed by atoms with van der Waals surface area (Å²) in [5.41, 5.74) is 3.73. The van der Waals surface area contributed by atoms with Crippen LogP contribution in [0.2, 0.25) is 0 Å². The summed E-state index contributed by atoms with van der Waals surface area (Å²) >= 11 is 1.24. The first-order valence-electron chi connectivity index (χ1n) is 11.6. The topological polar surface area (TPSA) is 81.9 Å². The Hall–Kier alpha value is -3.97. The first kappa shape index (κ1) is 23.8. The number of likely N-dealkylation sites (N-methyl/N-ethyl adjacent to an activating group) is 1. The number of aromatic nitrogens is 1. The zero-order valence-electron chi connectivity index (χ0n) is 20.0. The zero-order valence-corrected chi connectivity index (χ0v) is 20.9. The van der Waals surface area contributed by atoms with Gasteiger partial charge in [0, 0.05) is 54.9 Å². The van der Waals surface area contributed by atoms with E-state index in [4.69, 9.17) is 6.57 Å². The van der Waals surface area contributed by atoms with Gasteiger partial charge < -0.3 is 20.4 Å². The lowest BCUT2D eigenvalue weighted by molar-refractivity contribution is -0.115. The van der Waals surface area contributed by atoms with Crippen molar-refractivity contribution in [2.24, 2.45) is 0 Å². The molecular weight excluding hydrogens is 479 g/mol. The first-order valence-corrected chi connectivity index (χ1v) is 12.5. The molecule has 36 heavy (non-hydrogen) atoms. The molecule has 5 rings (SSSR count). The van der Waals surface area contributed by atoms with Crippen molar-refractivity contribution in [2.45, 2.75) is 18.9 Å². The fourth-order valence-electron chi connectivity index (χ4n) is 4.55. The van der Waals surface area contributed by atoms with Crippen LogP contribution in [-0.2, 0) is 10.3 Å². The van der Waals surface area contributed by atoms with Gasteiger partial charge in [-0.2, -0.15) is 0 Å². The average molecular weight is 506 g/mol. The van der Waals surface area contributed by atoms with Gasteiger partial charge in [0.2, 0.25) is 5.91 Å². The van der Waals surface area contributed by atoms with E-state index in [0.717, 1.165) is 36.4 Å². The number of halogens is 1. The monoisotopic (exact) mass is 505 g/mol. The van der Waals surface area contributed by atoms with Gasteiger partial charge in [0.15, 0.2) is 5.13 Å². The van der Waals surface area contributed by atoms with E-state index in [0.29, 0.717) is 28.5 Å². The second kappa shape index (κ2) is 9.24. The lowest BCUT2D eigenvalue weighted by Crippen LogP contribution is -2.37. The Kier molecular flexibility index (Phi) is 6.10. The highest BCUT2D eigenvalue weighted by molar-refractivity contribution is 7.14. The van der Waals surface area contributed by atoms with Crippen LogP contribution in [0.4, 0.5) is 20.9 Å². The van der Waals surface area contributed by atoms with E-state index in [-0.39, 0.29) is 18.3 Å². The Balaban J connectivity index is 1.21. The van der Waals surface area contributed by atoms with Crippen LogP contribution >= 0.6 is 11.3 Å². The molecule has 2 aliphatic rings. The molecule has 2 N–H and O–H groups in total. The SMILES string of the molecule is C#[N+][C@@]1(C)CN(C)c2ccc(C(=O)NCC(=O)Nc3nc(-c4cc(F)cc(N5CCC5)c4)cs3)cc21. The number of carbonyl (C=O) groups is 2. The van der Waals surface area contributed by atoms with Crippen LogP contribution in [-0.4, -0.2) is 50.0 Å². The van der Waals surface area contributed by atoms with Gasteiger partial charge in [0.1, 0.15) is 12.4 Å². The molecule has 1 saturated heterocycles. The van der Waals surface area contributed by atoms with Crippen molar-refractivity contribution in [3.8, 4) is 17.8 Å². The maximum atomic E-state index is 14.1. The fourth-order valence-corrected chi connectivity index (χ4v) is 5.29. The van der Waals surface area contributed by atoms with Crippen molar-refractivity contribution in [3.05, 3.63) is 63.6 Å². The number of fused-ring (bicyclic) bond motifs is 1. The van der Waals surface area contributed by atoms with E-state index in [1.54, 1.807) is 17.5 Å². The van der Waals surface area contributed by atoms with Gasteiger partial charge in [-0.05, 0) is 42.8 Å². The Morgan fingerprint density at radius 1 is 1.25 bits per heavy atom. The number of thiazole rings is 1. The van der Waals surface area contributed by atoms with Gasteiger partial charge in [-0.1, -0.05) is 4.85 Å². The highest BCUT2D eigenvalue weighted by atomic mass is 32.1. The molecule has 10 heteroatoms. The molecule has 184 valence electrons. The summed E-state index contributed by atoms with van der Waals surface area (Å²) in [6.45, 7) is 9.79. The third kappa shape index (κ3) is 4.50. The molecule has 0 unspecified atom stereocenters. The molecule has 8 nitrogen and oxygen atoms in total. The molecule has 0 bridgehead atoms. The zero-order chi connectivity index (χ0) is 25.4. The number of nitrogens with zero attached hydrogens (tertiary/aromatic N) is 4. The smallest absolute Gasteiger partial charge is 0.321 e. The van der Waals surface area contributed by atoms with Crippen molar-refractivity contribution in [1.29, 1.82) is 0 Å². The minimum atomic E-state index is -0.599. The Morgan fingerprint density at radius 2 is 2.06 bits per heavy atom. The van der Waals surface area contributed by atoms with Gasteiger partial charge in [-0.25, -0.2) is 9.37 Å². The molecule has 1 aromatic heterocycles. The molecule has 3 heterocycles. The summed E-state index contributed by atoms with van der Waals surface area (Å²) in [5, 5.41) is 7.48. The average Bonchev–Trinajstić information content (AvgIpc) is 3.38. The lowest BCUT2D eigenvalue weighted by atomic mass is 9.94. The van der Waals surface area contributed by atoms with Crippen LogP contribution in [0.15, 0.2) is 41.8 Å². The number of rotatable bonds is 6. The van der Waals surface area contributed by atoms with E-state index >= 15 is 0 Å². The fraction of sp³-hybridized carbons (Fsp3) is 0.308. The van der Waals surface area contributed by atoms with Crippen molar-refractivity contribution in [2.75, 3.05) is 48.3 Å². The van der Waals surface area contributed by atoms with Crippen LogP contribution in [0.1, 0.15) is 29.3 Å². The number of nitrogens with one attached hydrogen (secondary N) is 2. The number of carbonyl (C=O) groups excluding carboxylic acids is 2. The predicted molar refractivity (Wildman–Crippen MR) is 141 cm³/mol. The molecule has 2 aromatic carbocycles. The van der Waals surface area contributed by atoms with Gasteiger partial charge in [0.05, 0.1) is 17.8 Å². The van der Waals surface area contributed by atoms with Crippen molar-refractivity contribution >= 4 is 39.7 Å². The lowest BCUT2D eigenvalue weighted by Gasteiger charge is -2.33. The minimum Gasteiger partial charge on any atom is -0.371 e. The molecular formula is C26H26FN6O2S+. The Bertz CT molecular complexity index is 1400. The quantitative estimate of drug-likeness (QED) is 0.526. The summed E-state index contributed by atoms with van der Waals surface area (Å²) in [6.07, 6.45) is 1.10. The largest absolute Gasteiger partial charge is 0.371 e. The molecule has 0 spiro atoms. The van der Waals surface area contributed by atoms with E-state index in [1.807, 2.05) is 31.0 Å². The second-order valence-corrected chi connectivity index (χ2v) is 10.2. The molecule has 0 saturated carbocycles. The van der Waals surface area contributed by atoms with E-state index < -0.39 is 11.4 Å². The van der Waals surface area contributed by atoms with E-state index in [1.165, 1.54) is 23.5 Å². The normalized spacial score (nSPS) is 18.3. The van der Waals surface area contributed by atoms with E-state index in [2.05, 4.69) is 25.4 Å². The Morgan fingerprint density at radius 3 is 2.78 bits per heavy atom. The maximum absolute atomic E-state index is 14.1. The third-order valence-corrected chi connectivity index (χ3v) is 7.40. The van der Waals surface area contributed by atoms with Crippen molar-refractivity contribution in [3.63, 3.8) is 0 Å². The van der Waals surface area contributed by atoms with Crippen LogP contribution in [0.25, 0.3) is 16.1 Å². The van der Waals surface area contributed by atoms with Crippen LogP contribution in [0.5, 0.6) is 0 Å². The summed E-state index contributed by atoms with van der Waals surface area (Å²) in [4.78, 5) is 37.7. The molecule has 2 aliphatic heterocycles. The molecule has 3 aromatic rings. The molecule has 1 atom stereocenters. The predicted octanol–water partition coefficient (Wildman–Crippen LogP) is 4.16. The van der Waals surface area contributed by atoms with Gasteiger partial charge in [-0.15, -0.1) is 11.3 Å². The number of amides is 2. The summed E-state index contributed by atoms with van der Waals surface area (Å²) in [7, 11) is 1.95. The molecule has 2 amide bonds. The first-order chi connectivity index (χ1) is 17.3. The highest BCUT2D eigenvalue weighted by Gasteiger charge is 2.47. The summed E-state index contributed by atoms with van der Waals surface area (Å²) in [6, 6.07) is 10.2. The van der Waals surface area contributed by atoms with Crippen LogP contribution in [0.3, 0.4) is 0 Å². The summed E-state index contributed by atoms with van der Waals surface area (Å²) in [5.74, 6) is -1.11. The van der Waals surface area contributed by atoms with Crippen molar-refractivity contribution < 1.29 is 14.0 Å². The standard InChI is InChI=1S/C26H25FN6O2S/c1-26(28-2)15-32(3)22-6-5-16(11-20(22)26)24(35)29-13-23(34)31-25-30-21(14-36-25)17-9-18(27)12-19(10-17)33-7-4-8-33/h2,5-6,9-12,14H,4,7-8,13,15H2,1,3H3,(H-,29,30,31,34,35)/p+1/t26-/m0/s1.